The number of H-pyrrole nitrogens is 1. The van der Waals surface area contributed by atoms with Gasteiger partial charge in [0.05, 0.1) is 17.7 Å². The van der Waals surface area contributed by atoms with E-state index in [0.717, 1.165) is 43.7 Å². The highest BCUT2D eigenvalue weighted by Crippen LogP contribution is 2.43. The van der Waals surface area contributed by atoms with Crippen LogP contribution in [0.4, 0.5) is 0 Å². The molecule has 1 N–H and O–H groups in total. The van der Waals surface area contributed by atoms with E-state index >= 15 is 0 Å². The van der Waals surface area contributed by atoms with E-state index in [2.05, 4.69) is 17.1 Å². The van der Waals surface area contributed by atoms with Crippen LogP contribution in [-0.2, 0) is 4.74 Å². The number of carbonyl (C=O) groups is 1. The molecule has 5 rings (SSSR count). The number of hydrogen-bond acceptors (Lipinski definition) is 2. The maximum atomic E-state index is 13.2. The van der Waals surface area contributed by atoms with Gasteiger partial charge in [0.2, 0.25) is 0 Å². The summed E-state index contributed by atoms with van der Waals surface area (Å²) in [6.07, 6.45) is 0. The van der Waals surface area contributed by atoms with Crippen LogP contribution in [0.2, 0.25) is 5.02 Å². The summed E-state index contributed by atoms with van der Waals surface area (Å²) in [5, 5.41) is 4.41. The number of fused-ring (bicyclic) bond motifs is 5. The van der Waals surface area contributed by atoms with E-state index in [1.807, 2.05) is 67.6 Å². The van der Waals surface area contributed by atoms with Crippen molar-refractivity contribution >= 4 is 50.1 Å². The van der Waals surface area contributed by atoms with E-state index < -0.39 is 0 Å². The Morgan fingerprint density at radius 1 is 0.931 bits per heavy atom. The number of rotatable bonds is 3. The summed E-state index contributed by atoms with van der Waals surface area (Å²) >= 11 is 6.34. The molecule has 0 aliphatic heterocycles. The number of nitrogens with one attached hydrogen (secondary N) is 1. The molecule has 4 aromatic carbocycles. The third-order valence-electron chi connectivity index (χ3n) is 5.27. The Kier molecular flexibility index (Phi) is 4.26. The molecular weight excluding hydrogens is 382 g/mol. The fraction of sp³-hybridized carbons (Fsp3) is 0.0800. The Balaban J connectivity index is 2.08. The number of ether oxygens (including phenoxy) is 1. The van der Waals surface area contributed by atoms with Crippen molar-refractivity contribution in [1.29, 1.82) is 0 Å². The Morgan fingerprint density at radius 3 is 2.48 bits per heavy atom. The lowest BCUT2D eigenvalue weighted by Crippen LogP contribution is -2.08. The van der Waals surface area contributed by atoms with Crippen molar-refractivity contribution in [2.45, 2.75) is 6.92 Å². The highest BCUT2D eigenvalue weighted by atomic mass is 35.5. The zero-order valence-electron chi connectivity index (χ0n) is 15.8. The number of esters is 1. The summed E-state index contributed by atoms with van der Waals surface area (Å²) in [6.45, 7) is 2.13. The fourth-order valence-corrected chi connectivity index (χ4v) is 4.29. The molecule has 0 radical (unpaired) electrons. The maximum Gasteiger partial charge on any atom is 0.339 e. The van der Waals surface area contributed by atoms with Crippen molar-refractivity contribution in [1.82, 2.24) is 4.98 Å². The van der Waals surface area contributed by atoms with Gasteiger partial charge >= 0.3 is 5.97 Å². The predicted molar refractivity (Wildman–Crippen MR) is 120 cm³/mol. The van der Waals surface area contributed by atoms with Crippen LogP contribution in [0, 0.1) is 0 Å². The van der Waals surface area contributed by atoms with Crippen molar-refractivity contribution in [3.63, 3.8) is 0 Å². The van der Waals surface area contributed by atoms with Crippen molar-refractivity contribution in [2.24, 2.45) is 0 Å². The molecule has 4 heteroatoms. The number of para-hydroxylation sites is 1. The number of aromatic nitrogens is 1. The molecule has 1 heterocycles. The van der Waals surface area contributed by atoms with Crippen LogP contribution < -0.4 is 0 Å². The minimum atomic E-state index is -0.342. The molecule has 0 aliphatic rings. The lowest BCUT2D eigenvalue weighted by molar-refractivity contribution is 0.0529. The summed E-state index contributed by atoms with van der Waals surface area (Å²) in [6, 6.07) is 23.8. The second-order valence-corrected chi connectivity index (χ2v) is 7.38. The molecule has 142 valence electrons. The first kappa shape index (κ1) is 17.8. The molecule has 1 aromatic heterocycles. The minimum absolute atomic E-state index is 0.307. The minimum Gasteiger partial charge on any atom is -0.462 e. The summed E-state index contributed by atoms with van der Waals surface area (Å²) in [5.74, 6) is -0.342. The third kappa shape index (κ3) is 2.78. The Morgan fingerprint density at radius 2 is 1.69 bits per heavy atom. The topological polar surface area (TPSA) is 42.1 Å². The lowest BCUT2D eigenvalue weighted by atomic mass is 9.89. The molecule has 0 bridgehead atoms. The average molecular weight is 400 g/mol. The van der Waals surface area contributed by atoms with Gasteiger partial charge in [-0.05, 0) is 30.7 Å². The van der Waals surface area contributed by atoms with Crippen molar-refractivity contribution < 1.29 is 9.53 Å². The molecule has 3 nitrogen and oxygen atoms in total. The Hall–Kier alpha value is -3.30. The van der Waals surface area contributed by atoms with Crippen molar-refractivity contribution in [3.05, 3.63) is 83.4 Å². The largest absolute Gasteiger partial charge is 0.462 e. The Bertz CT molecular complexity index is 1390. The summed E-state index contributed by atoms with van der Waals surface area (Å²) in [7, 11) is 0. The highest BCUT2D eigenvalue weighted by molar-refractivity contribution is 6.33. The number of hydrogen-bond donors (Lipinski definition) is 1. The van der Waals surface area contributed by atoms with Crippen LogP contribution in [0.5, 0.6) is 0 Å². The van der Waals surface area contributed by atoms with Crippen molar-refractivity contribution in [2.75, 3.05) is 6.61 Å². The molecule has 0 saturated carbocycles. The number of carbonyl (C=O) groups excluding carboxylic acids is 1. The van der Waals surface area contributed by atoms with Gasteiger partial charge in [0.25, 0.3) is 0 Å². The van der Waals surface area contributed by atoms with Gasteiger partial charge in [-0.25, -0.2) is 4.79 Å². The predicted octanol–water partition coefficient (Wildman–Crippen LogP) is 6.97. The quantitative estimate of drug-likeness (QED) is 0.333. The van der Waals surface area contributed by atoms with Crippen LogP contribution >= 0.6 is 11.6 Å². The first-order chi connectivity index (χ1) is 14.2. The van der Waals surface area contributed by atoms with Gasteiger partial charge in [-0.2, -0.15) is 0 Å². The summed E-state index contributed by atoms with van der Waals surface area (Å²) < 4.78 is 5.48. The third-order valence-corrected chi connectivity index (χ3v) is 5.50. The van der Waals surface area contributed by atoms with Gasteiger partial charge in [0, 0.05) is 37.6 Å². The van der Waals surface area contributed by atoms with E-state index in [1.54, 1.807) is 0 Å². The zero-order valence-corrected chi connectivity index (χ0v) is 16.6. The fourth-order valence-electron chi connectivity index (χ4n) is 4.11. The SMILES string of the molecule is CCOC(=O)c1c(-c2ccccc2)c2c3ccccc3[nH]c2c2ccc(Cl)cc12. The molecule has 0 aliphatic carbocycles. The number of aromatic amines is 1. The van der Waals surface area contributed by atoms with E-state index in [-0.39, 0.29) is 5.97 Å². The Labute approximate surface area is 172 Å². The average Bonchev–Trinajstić information content (AvgIpc) is 3.12. The van der Waals surface area contributed by atoms with Gasteiger partial charge in [0.1, 0.15) is 0 Å². The first-order valence-corrected chi connectivity index (χ1v) is 9.95. The second-order valence-electron chi connectivity index (χ2n) is 6.95. The molecule has 0 spiro atoms. The first-order valence-electron chi connectivity index (χ1n) is 9.57. The van der Waals surface area contributed by atoms with Gasteiger partial charge in [-0.3, -0.25) is 0 Å². The standard InChI is InChI=1S/C25H18ClNO2/c1-2-29-25(28)23-19-14-16(26)12-13-17(19)24-22(18-10-6-7-11-20(18)27-24)21(23)15-8-4-3-5-9-15/h3-14,27H,2H2,1H3. The van der Waals surface area contributed by atoms with Crippen molar-refractivity contribution in [3.8, 4) is 11.1 Å². The molecule has 0 atom stereocenters. The normalized spacial score (nSPS) is 11.4. The monoisotopic (exact) mass is 399 g/mol. The molecule has 5 aromatic rings. The van der Waals surface area contributed by atoms with Crippen LogP contribution in [-0.4, -0.2) is 17.6 Å². The van der Waals surface area contributed by atoms with Gasteiger partial charge in [-0.15, -0.1) is 0 Å². The maximum absolute atomic E-state index is 13.2. The zero-order chi connectivity index (χ0) is 20.0. The molecular formula is C25H18ClNO2. The van der Waals surface area contributed by atoms with E-state index in [4.69, 9.17) is 16.3 Å². The highest BCUT2D eigenvalue weighted by Gasteiger charge is 2.24. The molecule has 0 fully saturated rings. The van der Waals surface area contributed by atoms with E-state index in [9.17, 15) is 4.79 Å². The molecule has 0 unspecified atom stereocenters. The van der Waals surface area contributed by atoms with Crippen LogP contribution in [0.15, 0.2) is 72.8 Å². The number of halogens is 1. The summed E-state index contributed by atoms with van der Waals surface area (Å²) in [5.41, 5.74) is 4.40. The molecule has 29 heavy (non-hydrogen) atoms. The smallest absolute Gasteiger partial charge is 0.339 e. The van der Waals surface area contributed by atoms with Crippen LogP contribution in [0.3, 0.4) is 0 Å². The lowest BCUT2D eigenvalue weighted by Gasteiger charge is -2.15. The molecule has 0 saturated heterocycles. The molecule has 0 amide bonds. The van der Waals surface area contributed by atoms with Gasteiger partial charge < -0.3 is 9.72 Å². The van der Waals surface area contributed by atoms with E-state index in [1.165, 1.54) is 0 Å². The van der Waals surface area contributed by atoms with Crippen LogP contribution in [0.25, 0.3) is 43.7 Å². The van der Waals surface area contributed by atoms with Crippen LogP contribution in [0.1, 0.15) is 17.3 Å². The van der Waals surface area contributed by atoms with Gasteiger partial charge in [0.15, 0.2) is 0 Å². The summed E-state index contributed by atoms with van der Waals surface area (Å²) in [4.78, 5) is 16.7. The number of benzene rings is 4. The van der Waals surface area contributed by atoms with E-state index in [0.29, 0.717) is 17.2 Å². The van der Waals surface area contributed by atoms with Gasteiger partial charge in [-0.1, -0.05) is 66.2 Å². The second kappa shape index (κ2) is 6.94.